The molecule has 1 aromatic carbocycles. The lowest BCUT2D eigenvalue weighted by molar-refractivity contribution is -0.134. The fourth-order valence-electron chi connectivity index (χ4n) is 1.96. The van der Waals surface area contributed by atoms with Gasteiger partial charge in [0.1, 0.15) is 0 Å². The molecule has 0 saturated carbocycles. The number of rotatable bonds is 6. The van der Waals surface area contributed by atoms with Crippen LogP contribution in [0.4, 0.5) is 0 Å². The monoisotopic (exact) mass is 312 g/mol. The van der Waals surface area contributed by atoms with Crippen LogP contribution in [0.25, 0.3) is 0 Å². The van der Waals surface area contributed by atoms with Crippen molar-refractivity contribution >= 4 is 21.8 Å². The predicted octanol–water partition coefficient (Wildman–Crippen LogP) is 2.78. The van der Waals surface area contributed by atoms with Crippen LogP contribution in [-0.2, 0) is 11.3 Å². The highest BCUT2D eigenvalue weighted by atomic mass is 79.9. The number of halogens is 1. The number of nitrogens with two attached hydrogens (primary N) is 1. The lowest BCUT2D eigenvalue weighted by Gasteiger charge is -2.23. The molecule has 1 amide bonds. The van der Waals surface area contributed by atoms with Crippen molar-refractivity contribution in [3.05, 3.63) is 34.3 Å². The number of carbonyl (C=O) groups excluding carboxylic acids is 1. The number of hydrogen-bond donors (Lipinski definition) is 1. The van der Waals surface area contributed by atoms with E-state index in [0.717, 1.165) is 22.9 Å². The third-order valence-electron chi connectivity index (χ3n) is 3.01. The topological polar surface area (TPSA) is 46.3 Å². The third kappa shape index (κ3) is 4.10. The molecule has 0 aromatic heterocycles. The Hall–Kier alpha value is -0.870. The highest BCUT2D eigenvalue weighted by molar-refractivity contribution is 9.10. The molecule has 4 heteroatoms. The number of nitrogens with zero attached hydrogens (tertiary/aromatic N) is 1. The summed E-state index contributed by atoms with van der Waals surface area (Å²) in [7, 11) is 1.83. The Labute approximate surface area is 117 Å². The van der Waals surface area contributed by atoms with Gasteiger partial charge in [-0.3, -0.25) is 4.79 Å². The van der Waals surface area contributed by atoms with E-state index in [-0.39, 0.29) is 11.8 Å². The molecule has 0 bridgehead atoms. The molecule has 1 aromatic rings. The van der Waals surface area contributed by atoms with Crippen molar-refractivity contribution in [3.8, 4) is 0 Å². The van der Waals surface area contributed by atoms with Gasteiger partial charge in [0, 0.05) is 24.6 Å². The molecule has 2 N–H and O–H groups in total. The van der Waals surface area contributed by atoms with Crippen LogP contribution < -0.4 is 5.73 Å². The minimum Gasteiger partial charge on any atom is -0.341 e. The quantitative estimate of drug-likeness (QED) is 0.878. The van der Waals surface area contributed by atoms with Crippen molar-refractivity contribution < 1.29 is 4.79 Å². The van der Waals surface area contributed by atoms with Gasteiger partial charge in [-0.15, -0.1) is 0 Å². The van der Waals surface area contributed by atoms with Crippen LogP contribution in [-0.4, -0.2) is 24.4 Å². The van der Waals surface area contributed by atoms with E-state index in [9.17, 15) is 4.79 Å². The summed E-state index contributed by atoms with van der Waals surface area (Å²) >= 11 is 3.50. The Bertz CT molecular complexity index is 395. The van der Waals surface area contributed by atoms with Crippen molar-refractivity contribution in [2.45, 2.75) is 26.3 Å². The average Bonchev–Trinajstić information content (AvgIpc) is 2.37. The Morgan fingerprint density at radius 1 is 1.44 bits per heavy atom. The molecule has 0 spiro atoms. The summed E-state index contributed by atoms with van der Waals surface area (Å²) < 4.78 is 1.03. The molecule has 1 unspecified atom stereocenters. The van der Waals surface area contributed by atoms with Crippen LogP contribution >= 0.6 is 15.9 Å². The van der Waals surface area contributed by atoms with E-state index < -0.39 is 0 Å². The van der Waals surface area contributed by atoms with Gasteiger partial charge in [-0.2, -0.15) is 0 Å². The average molecular weight is 313 g/mol. The van der Waals surface area contributed by atoms with E-state index in [1.54, 1.807) is 4.90 Å². The zero-order chi connectivity index (χ0) is 13.5. The largest absolute Gasteiger partial charge is 0.341 e. The first-order valence-electron chi connectivity index (χ1n) is 6.28. The Morgan fingerprint density at radius 3 is 2.67 bits per heavy atom. The van der Waals surface area contributed by atoms with Gasteiger partial charge in [-0.1, -0.05) is 47.5 Å². The second-order valence-electron chi connectivity index (χ2n) is 4.51. The highest BCUT2D eigenvalue weighted by Gasteiger charge is 2.20. The summed E-state index contributed by atoms with van der Waals surface area (Å²) in [4.78, 5) is 14.0. The van der Waals surface area contributed by atoms with Gasteiger partial charge in [0.15, 0.2) is 0 Å². The first kappa shape index (κ1) is 15.2. The molecule has 3 nitrogen and oxygen atoms in total. The van der Waals surface area contributed by atoms with Crippen LogP contribution in [0.15, 0.2) is 28.7 Å². The summed E-state index contributed by atoms with van der Waals surface area (Å²) in [6, 6.07) is 7.95. The Morgan fingerprint density at radius 2 is 2.11 bits per heavy atom. The van der Waals surface area contributed by atoms with Gasteiger partial charge in [0.25, 0.3) is 0 Å². The van der Waals surface area contributed by atoms with Gasteiger partial charge >= 0.3 is 0 Å². The fourth-order valence-corrected chi connectivity index (χ4v) is 2.37. The van der Waals surface area contributed by atoms with Crippen LogP contribution in [0, 0.1) is 5.92 Å². The third-order valence-corrected chi connectivity index (χ3v) is 3.79. The first-order valence-corrected chi connectivity index (χ1v) is 7.07. The van der Waals surface area contributed by atoms with E-state index in [4.69, 9.17) is 5.73 Å². The van der Waals surface area contributed by atoms with E-state index >= 15 is 0 Å². The molecule has 1 atom stereocenters. The zero-order valence-electron chi connectivity index (χ0n) is 11.0. The molecular weight excluding hydrogens is 292 g/mol. The second-order valence-corrected chi connectivity index (χ2v) is 5.36. The van der Waals surface area contributed by atoms with Crippen LogP contribution in [0.3, 0.4) is 0 Å². The first-order chi connectivity index (χ1) is 8.60. The molecule has 18 heavy (non-hydrogen) atoms. The zero-order valence-corrected chi connectivity index (χ0v) is 12.6. The molecule has 1 rings (SSSR count). The molecule has 100 valence electrons. The van der Waals surface area contributed by atoms with Gasteiger partial charge in [0.05, 0.1) is 5.92 Å². The summed E-state index contributed by atoms with van der Waals surface area (Å²) in [6.45, 7) is 3.11. The molecule has 0 aliphatic heterocycles. The maximum Gasteiger partial charge on any atom is 0.226 e. The molecule has 0 radical (unpaired) electrons. The lowest BCUT2D eigenvalue weighted by atomic mass is 10.0. The van der Waals surface area contributed by atoms with E-state index in [0.29, 0.717) is 13.1 Å². The summed E-state index contributed by atoms with van der Waals surface area (Å²) in [5.74, 6) is 0.0811. The normalized spacial score (nSPS) is 12.2. The van der Waals surface area contributed by atoms with E-state index in [2.05, 4.69) is 22.9 Å². The summed E-state index contributed by atoms with van der Waals surface area (Å²) in [6.07, 6.45) is 1.84. The molecule has 0 fully saturated rings. The van der Waals surface area contributed by atoms with Gasteiger partial charge < -0.3 is 10.6 Å². The number of carbonyl (C=O) groups is 1. The molecular formula is C14H21BrN2O. The number of hydrogen-bond acceptors (Lipinski definition) is 2. The van der Waals surface area contributed by atoms with Crippen molar-refractivity contribution in [2.75, 3.05) is 13.6 Å². The minimum absolute atomic E-state index is 0.0533. The lowest BCUT2D eigenvalue weighted by Crippen LogP contribution is -2.36. The summed E-state index contributed by atoms with van der Waals surface area (Å²) in [5.41, 5.74) is 6.78. The molecule has 0 saturated heterocycles. The molecule has 0 aliphatic rings. The van der Waals surface area contributed by atoms with Gasteiger partial charge in [-0.25, -0.2) is 0 Å². The Kier molecular flexibility index (Phi) is 6.36. The fraction of sp³-hybridized carbons (Fsp3) is 0.500. The standard InChI is InChI=1S/C14H21BrN2O/c1-3-6-11(9-16)14(18)17(2)10-12-7-4-5-8-13(12)15/h4-5,7-8,11H,3,6,9-10,16H2,1-2H3. The maximum atomic E-state index is 12.2. The molecule has 0 aliphatic carbocycles. The number of amides is 1. The van der Waals surface area contributed by atoms with Crippen molar-refractivity contribution in [1.29, 1.82) is 0 Å². The summed E-state index contributed by atoms with van der Waals surface area (Å²) in [5, 5.41) is 0. The Balaban J connectivity index is 2.67. The van der Waals surface area contributed by atoms with Crippen LogP contribution in [0.1, 0.15) is 25.3 Å². The predicted molar refractivity (Wildman–Crippen MR) is 78.1 cm³/mol. The minimum atomic E-state index is -0.0533. The van der Waals surface area contributed by atoms with Crippen molar-refractivity contribution in [2.24, 2.45) is 11.7 Å². The van der Waals surface area contributed by atoms with E-state index in [1.807, 2.05) is 31.3 Å². The van der Waals surface area contributed by atoms with Crippen molar-refractivity contribution in [1.82, 2.24) is 4.90 Å². The second kappa shape index (κ2) is 7.54. The van der Waals surface area contributed by atoms with Gasteiger partial charge in [0.2, 0.25) is 5.91 Å². The van der Waals surface area contributed by atoms with Crippen LogP contribution in [0.2, 0.25) is 0 Å². The smallest absolute Gasteiger partial charge is 0.226 e. The van der Waals surface area contributed by atoms with Gasteiger partial charge in [-0.05, 0) is 18.1 Å². The van der Waals surface area contributed by atoms with Crippen molar-refractivity contribution in [3.63, 3.8) is 0 Å². The number of benzene rings is 1. The SMILES string of the molecule is CCCC(CN)C(=O)N(C)Cc1ccccc1Br. The van der Waals surface area contributed by atoms with Crippen LogP contribution in [0.5, 0.6) is 0 Å². The highest BCUT2D eigenvalue weighted by Crippen LogP contribution is 2.18. The molecule has 0 heterocycles. The maximum absolute atomic E-state index is 12.2. The van der Waals surface area contributed by atoms with E-state index in [1.165, 1.54) is 0 Å².